The summed E-state index contributed by atoms with van der Waals surface area (Å²) in [6.07, 6.45) is 2.04. The molecule has 0 aliphatic carbocycles. The summed E-state index contributed by atoms with van der Waals surface area (Å²) < 4.78 is 27.0. The summed E-state index contributed by atoms with van der Waals surface area (Å²) in [6, 6.07) is 3.50. The Labute approximate surface area is 142 Å². The van der Waals surface area contributed by atoms with Crippen LogP contribution in [0.25, 0.3) is 0 Å². The summed E-state index contributed by atoms with van der Waals surface area (Å²) >= 11 is 1.30. The summed E-state index contributed by atoms with van der Waals surface area (Å²) in [6.45, 7) is 7.08. The summed E-state index contributed by atoms with van der Waals surface area (Å²) in [7, 11) is -3.39. The molecule has 2 heterocycles. The number of carbonyl (C=O) groups is 1. The van der Waals surface area contributed by atoms with E-state index in [4.69, 9.17) is 0 Å². The van der Waals surface area contributed by atoms with Crippen molar-refractivity contribution in [3.63, 3.8) is 0 Å². The predicted molar refractivity (Wildman–Crippen MR) is 92.2 cm³/mol. The van der Waals surface area contributed by atoms with Crippen molar-refractivity contribution in [2.75, 3.05) is 39.3 Å². The van der Waals surface area contributed by atoms with E-state index in [0.29, 0.717) is 43.5 Å². The van der Waals surface area contributed by atoms with Crippen LogP contribution in [0.2, 0.25) is 0 Å². The summed E-state index contributed by atoms with van der Waals surface area (Å²) in [5.74, 6) is 0.0173. The maximum atomic E-state index is 12.5. The summed E-state index contributed by atoms with van der Waals surface area (Å²) in [5.41, 5.74) is 0. The topological polar surface area (TPSA) is 69.7 Å². The molecule has 1 aromatic rings. The molecule has 0 bridgehead atoms. The van der Waals surface area contributed by atoms with Gasteiger partial charge in [0.05, 0.1) is 6.54 Å². The molecule has 23 heavy (non-hydrogen) atoms. The number of nitrogens with one attached hydrogen (secondary N) is 1. The molecule has 0 atom stereocenters. The Balaban J connectivity index is 1.83. The first-order valence-corrected chi connectivity index (χ1v) is 10.2. The van der Waals surface area contributed by atoms with Gasteiger partial charge in [0.1, 0.15) is 4.21 Å². The number of thiophene rings is 1. The second kappa shape index (κ2) is 8.23. The molecule has 0 unspecified atom stereocenters. The van der Waals surface area contributed by atoms with Crippen molar-refractivity contribution < 1.29 is 13.2 Å². The van der Waals surface area contributed by atoms with Crippen molar-refractivity contribution in [1.82, 2.24) is 14.5 Å². The Bertz CT molecular complexity index is 620. The number of rotatable bonds is 7. The van der Waals surface area contributed by atoms with Crippen LogP contribution in [0.4, 0.5) is 0 Å². The smallest absolute Gasteiger partial charge is 0.252 e. The summed E-state index contributed by atoms with van der Waals surface area (Å²) in [5, 5.41) is 2.89. The van der Waals surface area contributed by atoms with Crippen LogP contribution < -0.4 is 5.32 Å². The zero-order chi connectivity index (χ0) is 16.9. The van der Waals surface area contributed by atoms with Gasteiger partial charge in [-0.3, -0.25) is 9.69 Å². The van der Waals surface area contributed by atoms with E-state index in [2.05, 4.69) is 12.2 Å². The maximum absolute atomic E-state index is 12.5. The second-order valence-electron chi connectivity index (χ2n) is 5.75. The van der Waals surface area contributed by atoms with Crippen molar-refractivity contribution in [1.29, 1.82) is 0 Å². The Kier molecular flexibility index (Phi) is 6.58. The highest BCUT2D eigenvalue weighted by molar-refractivity contribution is 7.91. The summed E-state index contributed by atoms with van der Waals surface area (Å²) in [4.78, 5) is 14.8. The van der Waals surface area contributed by atoms with Gasteiger partial charge in [0.15, 0.2) is 0 Å². The van der Waals surface area contributed by atoms with Gasteiger partial charge >= 0.3 is 0 Å². The molecule has 1 aliphatic heterocycles. The first kappa shape index (κ1) is 18.4. The number of hydrogen-bond donors (Lipinski definition) is 1. The van der Waals surface area contributed by atoms with Gasteiger partial charge in [0.2, 0.25) is 5.91 Å². The number of carbonyl (C=O) groups excluding carboxylic acids is 1. The zero-order valence-corrected chi connectivity index (χ0v) is 15.4. The van der Waals surface area contributed by atoms with Crippen LogP contribution in [0.3, 0.4) is 0 Å². The van der Waals surface area contributed by atoms with Crippen molar-refractivity contribution in [2.24, 2.45) is 0 Å². The van der Waals surface area contributed by atoms with E-state index in [1.807, 2.05) is 17.9 Å². The number of sulfonamides is 1. The van der Waals surface area contributed by atoms with Crippen LogP contribution in [0.1, 0.15) is 24.6 Å². The van der Waals surface area contributed by atoms with Gasteiger partial charge in [0.25, 0.3) is 10.0 Å². The van der Waals surface area contributed by atoms with Crippen LogP contribution in [0.15, 0.2) is 16.3 Å². The average Bonchev–Trinajstić information content (AvgIpc) is 2.95. The first-order chi connectivity index (χ1) is 10.9. The molecule has 1 aliphatic rings. The fourth-order valence-electron chi connectivity index (χ4n) is 2.47. The van der Waals surface area contributed by atoms with E-state index in [1.54, 1.807) is 6.07 Å². The standard InChI is InChI=1S/C15H25N3O3S2/c1-3-4-7-16-14(19)12-17-8-10-18(11-9-17)23(20,21)15-6-5-13(2)22-15/h5-6H,3-4,7-12H2,1-2H3,(H,16,19). The molecular formula is C15H25N3O3S2. The number of amides is 1. The Morgan fingerprint density at radius 1 is 1.26 bits per heavy atom. The second-order valence-corrected chi connectivity index (χ2v) is 9.20. The molecule has 1 saturated heterocycles. The van der Waals surface area contributed by atoms with Gasteiger partial charge in [-0.15, -0.1) is 11.3 Å². The molecule has 0 aromatic carbocycles. The van der Waals surface area contributed by atoms with E-state index in [0.717, 1.165) is 17.7 Å². The van der Waals surface area contributed by atoms with Crippen molar-refractivity contribution in [3.8, 4) is 0 Å². The minimum absolute atomic E-state index is 0.0173. The minimum atomic E-state index is -3.39. The lowest BCUT2D eigenvalue weighted by molar-refractivity contribution is -0.122. The number of aryl methyl sites for hydroxylation is 1. The van der Waals surface area contributed by atoms with Crippen LogP contribution >= 0.6 is 11.3 Å². The lowest BCUT2D eigenvalue weighted by atomic mass is 10.3. The van der Waals surface area contributed by atoms with E-state index < -0.39 is 10.0 Å². The van der Waals surface area contributed by atoms with Gasteiger partial charge < -0.3 is 5.32 Å². The van der Waals surface area contributed by atoms with Gasteiger partial charge in [-0.05, 0) is 25.5 Å². The normalized spacial score (nSPS) is 17.3. The Hall–Kier alpha value is -0.960. The lowest BCUT2D eigenvalue weighted by Crippen LogP contribution is -2.50. The molecule has 1 fully saturated rings. The highest BCUT2D eigenvalue weighted by Gasteiger charge is 2.29. The van der Waals surface area contributed by atoms with Crippen LogP contribution in [-0.2, 0) is 14.8 Å². The number of unbranched alkanes of at least 4 members (excludes halogenated alkanes) is 1. The van der Waals surface area contributed by atoms with Gasteiger partial charge in [-0.1, -0.05) is 13.3 Å². The first-order valence-electron chi connectivity index (χ1n) is 7.99. The monoisotopic (exact) mass is 359 g/mol. The fourth-order valence-corrected chi connectivity index (χ4v) is 5.33. The molecule has 2 rings (SSSR count). The molecule has 0 radical (unpaired) electrons. The molecule has 130 valence electrons. The molecule has 0 saturated carbocycles. The van der Waals surface area contributed by atoms with Crippen LogP contribution in [0.5, 0.6) is 0 Å². The molecule has 0 spiro atoms. The van der Waals surface area contributed by atoms with E-state index in [9.17, 15) is 13.2 Å². The fraction of sp³-hybridized carbons (Fsp3) is 0.667. The largest absolute Gasteiger partial charge is 0.355 e. The highest BCUT2D eigenvalue weighted by atomic mass is 32.2. The molecule has 6 nitrogen and oxygen atoms in total. The van der Waals surface area contributed by atoms with Crippen molar-refractivity contribution in [3.05, 3.63) is 17.0 Å². The van der Waals surface area contributed by atoms with E-state index in [-0.39, 0.29) is 5.91 Å². The average molecular weight is 360 g/mol. The molecule has 1 aromatic heterocycles. The Morgan fingerprint density at radius 3 is 2.52 bits per heavy atom. The van der Waals surface area contributed by atoms with E-state index in [1.165, 1.54) is 15.6 Å². The van der Waals surface area contributed by atoms with Gasteiger partial charge in [0, 0.05) is 37.6 Å². The van der Waals surface area contributed by atoms with Crippen molar-refractivity contribution in [2.45, 2.75) is 30.9 Å². The maximum Gasteiger partial charge on any atom is 0.252 e. The number of hydrogen-bond acceptors (Lipinski definition) is 5. The predicted octanol–water partition coefficient (Wildman–Crippen LogP) is 1.28. The third kappa shape index (κ3) is 5.00. The third-order valence-electron chi connectivity index (χ3n) is 3.86. The van der Waals surface area contributed by atoms with Gasteiger partial charge in [-0.2, -0.15) is 4.31 Å². The lowest BCUT2D eigenvalue weighted by Gasteiger charge is -2.33. The number of nitrogens with zero attached hydrogens (tertiary/aromatic N) is 2. The van der Waals surface area contributed by atoms with Crippen LogP contribution in [-0.4, -0.2) is 62.8 Å². The minimum Gasteiger partial charge on any atom is -0.355 e. The van der Waals surface area contributed by atoms with E-state index >= 15 is 0 Å². The zero-order valence-electron chi connectivity index (χ0n) is 13.7. The highest BCUT2D eigenvalue weighted by Crippen LogP contribution is 2.25. The Morgan fingerprint density at radius 2 is 1.96 bits per heavy atom. The quantitative estimate of drug-likeness (QED) is 0.745. The van der Waals surface area contributed by atoms with Crippen molar-refractivity contribution >= 4 is 27.3 Å². The number of piperazine rings is 1. The molecule has 1 N–H and O–H groups in total. The SMILES string of the molecule is CCCCNC(=O)CN1CCN(S(=O)(=O)c2ccc(C)s2)CC1. The molecule has 1 amide bonds. The van der Waals surface area contributed by atoms with Gasteiger partial charge in [-0.25, -0.2) is 8.42 Å². The van der Waals surface area contributed by atoms with Crippen LogP contribution in [0, 0.1) is 6.92 Å². The molecule has 8 heteroatoms. The molecular weight excluding hydrogens is 334 g/mol. The third-order valence-corrected chi connectivity index (χ3v) is 7.23.